The van der Waals surface area contributed by atoms with E-state index in [-0.39, 0.29) is 18.2 Å². The van der Waals surface area contributed by atoms with Crippen molar-refractivity contribution >= 4 is 49.1 Å². The third kappa shape index (κ3) is 5.56. The second-order valence-electron chi connectivity index (χ2n) is 11.0. The lowest BCUT2D eigenvalue weighted by Crippen LogP contribution is -2.43. The number of carbonyl (C=O) groups excluding carboxylic acids is 1. The Bertz CT molecular complexity index is 1680. The molecule has 12 heteroatoms. The van der Waals surface area contributed by atoms with E-state index in [1.54, 1.807) is 22.4 Å². The van der Waals surface area contributed by atoms with Gasteiger partial charge in [0.05, 0.1) is 16.8 Å². The molecule has 0 spiro atoms. The molecule has 1 aliphatic heterocycles. The van der Waals surface area contributed by atoms with E-state index in [0.29, 0.717) is 33.9 Å². The van der Waals surface area contributed by atoms with Crippen LogP contribution in [0.3, 0.4) is 0 Å². The highest BCUT2D eigenvalue weighted by Crippen LogP contribution is 2.32. The predicted octanol–water partition coefficient (Wildman–Crippen LogP) is 2.87. The Morgan fingerprint density at radius 3 is 2.40 bits per heavy atom. The number of aryl methyl sites for hydroxylation is 2. The van der Waals surface area contributed by atoms with E-state index in [2.05, 4.69) is 30.5 Å². The smallest absolute Gasteiger partial charge is 0.257 e. The van der Waals surface area contributed by atoms with Gasteiger partial charge < -0.3 is 15.5 Å². The summed E-state index contributed by atoms with van der Waals surface area (Å²) in [7, 11) is 0.292. The first-order chi connectivity index (χ1) is 19.2. The van der Waals surface area contributed by atoms with E-state index in [4.69, 9.17) is 0 Å². The lowest BCUT2D eigenvalue weighted by atomic mass is 10.0. The second kappa shape index (κ2) is 10.5. The van der Waals surface area contributed by atoms with Gasteiger partial charge in [0.25, 0.3) is 5.91 Å². The molecule has 0 unspecified atom stereocenters. The summed E-state index contributed by atoms with van der Waals surface area (Å²) >= 11 is 0. The SMILES string of the molecule is CCS(=O)(=O)NCc1cc(NC(=O)c2ccc(N3CCC(NC4CC4)CC3)c3cn(C)nc23)cc2cn(C)nc12. The summed E-state index contributed by atoms with van der Waals surface area (Å²) in [6, 6.07) is 8.81. The van der Waals surface area contributed by atoms with Gasteiger partial charge in [0.2, 0.25) is 10.0 Å². The number of nitrogens with zero attached hydrogens (tertiary/aromatic N) is 5. The summed E-state index contributed by atoms with van der Waals surface area (Å²) in [5.74, 6) is -0.286. The normalized spacial score (nSPS) is 16.7. The number of piperidine rings is 1. The monoisotopic (exact) mass is 564 g/mol. The highest BCUT2D eigenvalue weighted by atomic mass is 32.2. The van der Waals surface area contributed by atoms with Crippen LogP contribution in [0.2, 0.25) is 0 Å². The Hall–Kier alpha value is -3.48. The molecule has 2 fully saturated rings. The van der Waals surface area contributed by atoms with Crippen LogP contribution in [0.5, 0.6) is 0 Å². The van der Waals surface area contributed by atoms with Crippen molar-refractivity contribution in [2.24, 2.45) is 14.1 Å². The molecule has 2 aromatic carbocycles. The number of nitrogens with one attached hydrogen (secondary N) is 3. The first-order valence-electron chi connectivity index (χ1n) is 13.9. The van der Waals surface area contributed by atoms with Gasteiger partial charge in [0, 0.05) is 80.4 Å². The van der Waals surface area contributed by atoms with Gasteiger partial charge in [-0.2, -0.15) is 10.2 Å². The minimum absolute atomic E-state index is 0.0137. The molecular formula is C28H36N8O3S. The first-order valence-corrected chi connectivity index (χ1v) is 15.6. The molecular weight excluding hydrogens is 528 g/mol. The van der Waals surface area contributed by atoms with Crippen LogP contribution >= 0.6 is 0 Å². The molecule has 1 amide bonds. The van der Waals surface area contributed by atoms with E-state index in [0.717, 1.165) is 48.4 Å². The van der Waals surface area contributed by atoms with Gasteiger partial charge in [-0.15, -0.1) is 0 Å². The van der Waals surface area contributed by atoms with Crippen molar-refractivity contribution in [2.75, 3.05) is 29.1 Å². The van der Waals surface area contributed by atoms with Gasteiger partial charge in [0.15, 0.2) is 0 Å². The van der Waals surface area contributed by atoms with Crippen LogP contribution in [0.25, 0.3) is 21.8 Å². The lowest BCUT2D eigenvalue weighted by molar-refractivity contribution is 0.102. The summed E-state index contributed by atoms with van der Waals surface area (Å²) in [5, 5.41) is 17.7. The Morgan fingerprint density at radius 2 is 1.68 bits per heavy atom. The molecule has 40 heavy (non-hydrogen) atoms. The molecule has 212 valence electrons. The van der Waals surface area contributed by atoms with Gasteiger partial charge in [0.1, 0.15) is 5.52 Å². The third-order valence-corrected chi connectivity index (χ3v) is 9.16. The predicted molar refractivity (Wildman–Crippen MR) is 157 cm³/mol. The van der Waals surface area contributed by atoms with Crippen LogP contribution in [0, 0.1) is 0 Å². The molecule has 1 saturated carbocycles. The number of aromatic nitrogens is 4. The highest BCUT2D eigenvalue weighted by Gasteiger charge is 2.28. The van der Waals surface area contributed by atoms with Crippen LogP contribution < -0.4 is 20.3 Å². The molecule has 0 atom stereocenters. The van der Waals surface area contributed by atoms with Crippen molar-refractivity contribution in [3.05, 3.63) is 47.8 Å². The summed E-state index contributed by atoms with van der Waals surface area (Å²) < 4.78 is 30.2. The summed E-state index contributed by atoms with van der Waals surface area (Å²) in [5.41, 5.74) is 4.19. The molecule has 2 aliphatic rings. The fraction of sp³-hybridized carbons (Fsp3) is 0.464. The van der Waals surface area contributed by atoms with Gasteiger partial charge >= 0.3 is 0 Å². The Labute approximate surface area is 233 Å². The highest BCUT2D eigenvalue weighted by molar-refractivity contribution is 7.89. The second-order valence-corrected chi connectivity index (χ2v) is 13.0. The van der Waals surface area contributed by atoms with Crippen molar-refractivity contribution in [1.82, 2.24) is 29.6 Å². The van der Waals surface area contributed by atoms with Crippen LogP contribution in [0.15, 0.2) is 36.7 Å². The Kier molecular flexibility index (Phi) is 7.01. The fourth-order valence-corrected chi connectivity index (χ4v) is 6.14. The van der Waals surface area contributed by atoms with Crippen molar-refractivity contribution in [2.45, 2.75) is 51.2 Å². The zero-order valence-electron chi connectivity index (χ0n) is 23.1. The molecule has 3 heterocycles. The molecule has 0 radical (unpaired) electrons. The molecule has 6 rings (SSSR count). The van der Waals surface area contributed by atoms with E-state index in [1.807, 2.05) is 44.7 Å². The average molecular weight is 565 g/mol. The van der Waals surface area contributed by atoms with Gasteiger partial charge in [-0.05, 0) is 62.4 Å². The number of anilines is 2. The number of hydrogen-bond acceptors (Lipinski definition) is 7. The van der Waals surface area contributed by atoms with Crippen molar-refractivity contribution in [3.8, 4) is 0 Å². The largest absolute Gasteiger partial charge is 0.371 e. The van der Waals surface area contributed by atoms with Gasteiger partial charge in [-0.25, -0.2) is 13.1 Å². The first kappa shape index (κ1) is 26.7. The zero-order chi connectivity index (χ0) is 28.0. The quantitative estimate of drug-likeness (QED) is 0.285. The Morgan fingerprint density at radius 1 is 0.975 bits per heavy atom. The molecule has 0 bridgehead atoms. The minimum atomic E-state index is -3.39. The van der Waals surface area contributed by atoms with E-state index in [9.17, 15) is 13.2 Å². The molecule has 2 aromatic heterocycles. The number of fused-ring (bicyclic) bond motifs is 2. The maximum atomic E-state index is 13.6. The zero-order valence-corrected chi connectivity index (χ0v) is 24.0. The summed E-state index contributed by atoms with van der Waals surface area (Å²) in [6.07, 6.45) is 8.64. The van der Waals surface area contributed by atoms with E-state index >= 15 is 0 Å². The van der Waals surface area contributed by atoms with Crippen LogP contribution in [-0.2, 0) is 30.7 Å². The number of sulfonamides is 1. The molecule has 1 saturated heterocycles. The van der Waals surface area contributed by atoms with Gasteiger partial charge in [-0.3, -0.25) is 14.2 Å². The van der Waals surface area contributed by atoms with E-state index in [1.165, 1.54) is 12.8 Å². The van der Waals surface area contributed by atoms with Crippen LogP contribution in [0.4, 0.5) is 11.4 Å². The molecule has 1 aliphatic carbocycles. The maximum Gasteiger partial charge on any atom is 0.257 e. The molecule has 11 nitrogen and oxygen atoms in total. The van der Waals surface area contributed by atoms with Crippen molar-refractivity contribution in [3.63, 3.8) is 0 Å². The number of rotatable bonds is 9. The Balaban J connectivity index is 1.25. The van der Waals surface area contributed by atoms with Crippen LogP contribution in [0.1, 0.15) is 48.5 Å². The van der Waals surface area contributed by atoms with Crippen LogP contribution in [-0.4, -0.2) is 64.8 Å². The third-order valence-electron chi connectivity index (χ3n) is 7.82. The summed E-state index contributed by atoms with van der Waals surface area (Å²) in [4.78, 5) is 16.0. The maximum absolute atomic E-state index is 13.6. The molecule has 4 aromatic rings. The lowest BCUT2D eigenvalue weighted by Gasteiger charge is -2.34. The van der Waals surface area contributed by atoms with E-state index < -0.39 is 10.0 Å². The minimum Gasteiger partial charge on any atom is -0.371 e. The summed E-state index contributed by atoms with van der Waals surface area (Å²) in [6.45, 7) is 3.61. The standard InChI is InChI=1S/C28H36N8O3S/c1-4-40(38,39)29-15-18-13-22(14-19-16-34(2)32-26(18)19)31-28(37)23-7-8-25(24-17-35(3)33-27(23)24)36-11-9-21(10-12-36)30-20-5-6-20/h7-8,13-14,16-17,20-21,29-30H,4-6,9-12,15H2,1-3H3,(H,31,37). The number of hydrogen-bond donors (Lipinski definition) is 3. The van der Waals surface area contributed by atoms with Crippen molar-refractivity contribution in [1.29, 1.82) is 0 Å². The number of carbonyl (C=O) groups is 1. The number of amides is 1. The van der Waals surface area contributed by atoms with Crippen molar-refractivity contribution < 1.29 is 13.2 Å². The topological polar surface area (TPSA) is 126 Å². The fourth-order valence-electron chi connectivity index (χ4n) is 5.56. The molecule has 3 N–H and O–H groups in total. The van der Waals surface area contributed by atoms with Gasteiger partial charge in [-0.1, -0.05) is 0 Å². The average Bonchev–Trinajstić information content (AvgIpc) is 3.52. The number of benzene rings is 2.